The molecule has 5 nitrogen and oxygen atoms in total. The van der Waals surface area contributed by atoms with Crippen molar-refractivity contribution in [2.24, 2.45) is 4.99 Å². The average molecular weight is 311 g/mol. The molecule has 0 aliphatic rings. The maximum atomic E-state index is 4.34. The molecule has 120 valence electrons. The lowest BCUT2D eigenvalue weighted by Crippen LogP contribution is -2.45. The van der Waals surface area contributed by atoms with Gasteiger partial charge in [-0.25, -0.2) is 4.98 Å². The maximum absolute atomic E-state index is 4.34. The van der Waals surface area contributed by atoms with Gasteiger partial charge in [0.2, 0.25) is 0 Å². The fraction of sp³-hybridized carbons (Fsp3) is 0.733. The highest BCUT2D eigenvalue weighted by Gasteiger charge is 2.12. The summed E-state index contributed by atoms with van der Waals surface area (Å²) >= 11 is 1.71. The topological polar surface area (TPSA) is 52.6 Å². The van der Waals surface area contributed by atoms with Crippen molar-refractivity contribution >= 4 is 17.3 Å². The maximum Gasteiger partial charge on any atom is 0.191 e. The van der Waals surface area contributed by atoms with E-state index in [0.717, 1.165) is 30.6 Å². The first kappa shape index (κ1) is 17.9. The molecule has 0 spiro atoms. The van der Waals surface area contributed by atoms with Crippen LogP contribution in [0.1, 0.15) is 37.6 Å². The van der Waals surface area contributed by atoms with Crippen molar-refractivity contribution in [2.75, 3.05) is 20.1 Å². The van der Waals surface area contributed by atoms with E-state index in [-0.39, 0.29) is 0 Å². The second-order valence-electron chi connectivity index (χ2n) is 5.64. The molecular formula is C15H29N5S. The van der Waals surface area contributed by atoms with Crippen molar-refractivity contribution in [1.29, 1.82) is 0 Å². The van der Waals surface area contributed by atoms with Gasteiger partial charge in [-0.1, -0.05) is 0 Å². The second kappa shape index (κ2) is 9.00. The first-order valence-corrected chi connectivity index (χ1v) is 8.37. The molecule has 0 amide bonds. The van der Waals surface area contributed by atoms with Crippen LogP contribution in [0.2, 0.25) is 0 Å². The van der Waals surface area contributed by atoms with Gasteiger partial charge in [-0.2, -0.15) is 0 Å². The van der Waals surface area contributed by atoms with Crippen LogP contribution in [0.25, 0.3) is 0 Å². The predicted molar refractivity (Wildman–Crippen MR) is 92.0 cm³/mol. The molecule has 0 bridgehead atoms. The molecule has 0 fully saturated rings. The lowest BCUT2D eigenvalue weighted by molar-refractivity contribution is 0.178. The number of hydrogen-bond acceptors (Lipinski definition) is 4. The summed E-state index contributed by atoms with van der Waals surface area (Å²) in [5.41, 5.74) is 0. The summed E-state index contributed by atoms with van der Waals surface area (Å²) in [6.07, 6.45) is 1.90. The molecule has 6 heteroatoms. The van der Waals surface area contributed by atoms with E-state index in [1.807, 2.05) is 6.20 Å². The van der Waals surface area contributed by atoms with Gasteiger partial charge < -0.3 is 10.6 Å². The minimum Gasteiger partial charge on any atom is -0.355 e. The Morgan fingerprint density at radius 1 is 1.29 bits per heavy atom. The highest BCUT2D eigenvalue weighted by atomic mass is 32.1. The quantitative estimate of drug-likeness (QED) is 0.599. The van der Waals surface area contributed by atoms with E-state index in [9.17, 15) is 0 Å². The third-order valence-electron chi connectivity index (χ3n) is 3.29. The van der Waals surface area contributed by atoms with Gasteiger partial charge in [0.25, 0.3) is 0 Å². The molecule has 1 aromatic rings. The number of nitrogens with zero attached hydrogens (tertiary/aromatic N) is 3. The van der Waals surface area contributed by atoms with Crippen molar-refractivity contribution in [1.82, 2.24) is 20.5 Å². The molecule has 1 heterocycles. The monoisotopic (exact) mass is 311 g/mol. The van der Waals surface area contributed by atoms with Gasteiger partial charge >= 0.3 is 0 Å². The summed E-state index contributed by atoms with van der Waals surface area (Å²) in [5.74, 6) is 0.829. The zero-order valence-corrected chi connectivity index (χ0v) is 14.9. The predicted octanol–water partition coefficient (Wildman–Crippen LogP) is 2.24. The van der Waals surface area contributed by atoms with Crippen LogP contribution < -0.4 is 10.6 Å². The molecule has 0 unspecified atom stereocenters. The standard InChI is InChI=1S/C15H29N5S/c1-11(2)20(12(3)4)8-7-17-15(16-6)19-10-14-18-9-13(5)21-14/h9,11-12H,7-8,10H2,1-6H3,(H2,16,17,19). The van der Waals surface area contributed by atoms with Crippen LogP contribution >= 0.6 is 11.3 Å². The average Bonchev–Trinajstić information content (AvgIpc) is 2.82. The molecule has 0 radical (unpaired) electrons. The second-order valence-corrected chi connectivity index (χ2v) is 6.96. The molecule has 0 saturated heterocycles. The third-order valence-corrected chi connectivity index (χ3v) is 4.20. The highest BCUT2D eigenvalue weighted by molar-refractivity contribution is 7.11. The normalized spacial score (nSPS) is 12.5. The number of aryl methyl sites for hydroxylation is 1. The van der Waals surface area contributed by atoms with Crippen molar-refractivity contribution in [3.8, 4) is 0 Å². The summed E-state index contributed by atoms with van der Waals surface area (Å²) < 4.78 is 0. The number of hydrogen-bond donors (Lipinski definition) is 2. The van der Waals surface area contributed by atoms with Crippen molar-refractivity contribution in [3.05, 3.63) is 16.1 Å². The number of thiazole rings is 1. The van der Waals surface area contributed by atoms with Crippen molar-refractivity contribution in [3.63, 3.8) is 0 Å². The first-order valence-electron chi connectivity index (χ1n) is 7.55. The number of aliphatic imine (C=N–C) groups is 1. The fourth-order valence-electron chi connectivity index (χ4n) is 2.28. The Balaban J connectivity index is 2.34. The van der Waals surface area contributed by atoms with Crippen LogP contribution in [0.4, 0.5) is 0 Å². The number of rotatable bonds is 7. The Bertz CT molecular complexity index is 431. The Labute approximate surface area is 132 Å². The van der Waals surface area contributed by atoms with Crippen molar-refractivity contribution < 1.29 is 0 Å². The summed E-state index contributed by atoms with van der Waals surface area (Å²) in [6, 6.07) is 1.11. The van der Waals surface area contributed by atoms with Gasteiger partial charge in [0, 0.05) is 43.3 Å². The SMILES string of the molecule is CN=C(NCCN(C(C)C)C(C)C)NCc1ncc(C)s1. The minimum atomic E-state index is 0.556. The minimum absolute atomic E-state index is 0.556. The van der Waals surface area contributed by atoms with Gasteiger partial charge in [0.05, 0.1) is 6.54 Å². The van der Waals surface area contributed by atoms with Crippen LogP contribution in [0.5, 0.6) is 0 Å². The van der Waals surface area contributed by atoms with Crippen LogP contribution in [-0.4, -0.2) is 48.1 Å². The molecule has 0 atom stereocenters. The molecule has 0 saturated carbocycles. The third kappa shape index (κ3) is 6.44. The summed E-state index contributed by atoms with van der Waals surface area (Å²) in [5, 5.41) is 7.74. The van der Waals surface area contributed by atoms with Gasteiger partial charge in [0.15, 0.2) is 5.96 Å². The van der Waals surface area contributed by atoms with E-state index in [0.29, 0.717) is 12.1 Å². The molecule has 0 aliphatic carbocycles. The van der Waals surface area contributed by atoms with E-state index in [1.165, 1.54) is 4.88 Å². The van der Waals surface area contributed by atoms with E-state index in [2.05, 4.69) is 60.1 Å². The number of aromatic nitrogens is 1. The van der Waals surface area contributed by atoms with E-state index < -0.39 is 0 Å². The molecule has 2 N–H and O–H groups in total. The van der Waals surface area contributed by atoms with Gasteiger partial charge in [-0.3, -0.25) is 9.89 Å². The van der Waals surface area contributed by atoms with E-state index in [1.54, 1.807) is 18.4 Å². The summed E-state index contributed by atoms with van der Waals surface area (Å²) in [6.45, 7) is 13.6. The lowest BCUT2D eigenvalue weighted by atomic mass is 10.2. The van der Waals surface area contributed by atoms with Crippen LogP contribution in [0, 0.1) is 6.92 Å². The first-order chi connectivity index (χ1) is 9.93. The number of nitrogens with one attached hydrogen (secondary N) is 2. The Hall–Kier alpha value is -1.14. The summed E-state index contributed by atoms with van der Waals surface area (Å²) in [7, 11) is 1.80. The zero-order valence-electron chi connectivity index (χ0n) is 14.1. The van der Waals surface area contributed by atoms with Gasteiger partial charge in [0.1, 0.15) is 5.01 Å². The van der Waals surface area contributed by atoms with Gasteiger partial charge in [-0.05, 0) is 34.6 Å². The summed E-state index contributed by atoms with van der Waals surface area (Å²) in [4.78, 5) is 12.3. The Morgan fingerprint density at radius 2 is 1.95 bits per heavy atom. The molecule has 0 aliphatic heterocycles. The van der Waals surface area contributed by atoms with Gasteiger partial charge in [-0.15, -0.1) is 11.3 Å². The smallest absolute Gasteiger partial charge is 0.191 e. The largest absolute Gasteiger partial charge is 0.355 e. The lowest BCUT2D eigenvalue weighted by Gasteiger charge is -2.30. The van der Waals surface area contributed by atoms with Crippen molar-refractivity contribution in [2.45, 2.75) is 53.2 Å². The van der Waals surface area contributed by atoms with Crippen LogP contribution in [0.3, 0.4) is 0 Å². The molecular weight excluding hydrogens is 282 g/mol. The zero-order chi connectivity index (χ0) is 15.8. The molecule has 1 aromatic heterocycles. The molecule has 21 heavy (non-hydrogen) atoms. The Morgan fingerprint density at radius 3 is 2.43 bits per heavy atom. The molecule has 0 aromatic carbocycles. The Kier molecular flexibility index (Phi) is 7.67. The fourth-order valence-corrected chi connectivity index (χ4v) is 3.01. The van der Waals surface area contributed by atoms with Crippen LogP contribution in [-0.2, 0) is 6.54 Å². The molecule has 1 rings (SSSR count). The van der Waals surface area contributed by atoms with E-state index >= 15 is 0 Å². The van der Waals surface area contributed by atoms with E-state index in [4.69, 9.17) is 0 Å². The highest BCUT2D eigenvalue weighted by Crippen LogP contribution is 2.10. The van der Waals surface area contributed by atoms with Crippen LogP contribution in [0.15, 0.2) is 11.2 Å². The number of guanidine groups is 1.